The van der Waals surface area contributed by atoms with Crippen LogP contribution < -0.4 is 4.74 Å². The van der Waals surface area contributed by atoms with E-state index in [1.807, 2.05) is 32.0 Å². The number of hydrogen-bond donors (Lipinski definition) is 0. The van der Waals surface area contributed by atoms with Crippen LogP contribution in [0.25, 0.3) is 11.1 Å². The Balaban J connectivity index is 2.57. The van der Waals surface area contributed by atoms with Crippen molar-refractivity contribution < 1.29 is 14.3 Å². The number of hydrogen-bond acceptors (Lipinski definition) is 3. The molecular weight excluding hydrogens is 486 g/mol. The van der Waals surface area contributed by atoms with Crippen molar-refractivity contribution in [1.29, 1.82) is 0 Å². The van der Waals surface area contributed by atoms with Gasteiger partial charge in [-0.15, -0.1) is 0 Å². The monoisotopic (exact) mass is 504 g/mol. The van der Waals surface area contributed by atoms with Gasteiger partial charge in [-0.1, -0.05) is 23.2 Å². The van der Waals surface area contributed by atoms with Crippen molar-refractivity contribution in [2.75, 3.05) is 6.61 Å². The lowest BCUT2D eigenvalue weighted by molar-refractivity contribution is -0.137. The van der Waals surface area contributed by atoms with E-state index in [2.05, 4.69) is 22.6 Å². The second-order valence-corrected chi connectivity index (χ2v) is 7.82. The normalized spacial score (nSPS) is 11.4. The predicted octanol–water partition coefficient (Wildman–Crippen LogP) is 6.73. The van der Waals surface area contributed by atoms with Crippen LogP contribution in [0.3, 0.4) is 0 Å². The molecule has 0 atom stereocenters. The van der Waals surface area contributed by atoms with Crippen LogP contribution in [-0.4, -0.2) is 12.6 Å². The number of carbonyl (C=O) groups excluding carboxylic acids is 1. The highest BCUT2D eigenvalue weighted by Gasteiger charge is 2.18. The molecule has 3 nitrogen and oxygen atoms in total. The van der Waals surface area contributed by atoms with Crippen molar-refractivity contribution in [1.82, 2.24) is 0 Å². The van der Waals surface area contributed by atoms with Crippen molar-refractivity contribution in [2.24, 2.45) is 0 Å². The third kappa shape index (κ3) is 5.15. The van der Waals surface area contributed by atoms with E-state index in [0.29, 0.717) is 28.2 Å². The van der Waals surface area contributed by atoms with Gasteiger partial charge in [0, 0.05) is 30.8 Å². The zero-order valence-corrected chi connectivity index (χ0v) is 18.6. The van der Waals surface area contributed by atoms with Gasteiger partial charge in [0.25, 0.3) is 0 Å². The number of esters is 1. The molecule has 0 spiro atoms. The Morgan fingerprint density at radius 3 is 2.23 bits per heavy atom. The molecule has 0 aliphatic rings. The van der Waals surface area contributed by atoms with E-state index in [4.69, 9.17) is 32.7 Å². The maximum Gasteiger partial charge on any atom is 0.334 e. The Morgan fingerprint density at radius 1 is 1.08 bits per heavy atom. The average Bonchev–Trinajstić information content (AvgIpc) is 2.48. The van der Waals surface area contributed by atoms with Gasteiger partial charge >= 0.3 is 5.97 Å². The number of aryl methyl sites for hydroxylation is 2. The van der Waals surface area contributed by atoms with Gasteiger partial charge in [0.05, 0.1) is 12.7 Å². The highest BCUT2D eigenvalue weighted by molar-refractivity contribution is 14.1. The second kappa shape index (κ2) is 9.11. The Bertz CT molecular complexity index is 853. The van der Waals surface area contributed by atoms with E-state index in [1.165, 1.54) is 6.08 Å². The topological polar surface area (TPSA) is 35.5 Å². The summed E-state index contributed by atoms with van der Waals surface area (Å²) in [6.45, 7) is 7.75. The second-order valence-electron chi connectivity index (χ2n) is 5.78. The first-order valence-electron chi connectivity index (χ1n) is 8.02. The SMILES string of the molecule is CCOC(=O)/C=C(/C)Oc1cc(Cl)cc(C)c1-c1c(C)cc(Cl)cc1I. The van der Waals surface area contributed by atoms with Crippen LogP contribution in [-0.2, 0) is 9.53 Å². The molecule has 2 aromatic rings. The van der Waals surface area contributed by atoms with Gasteiger partial charge in [-0.2, -0.15) is 0 Å². The van der Waals surface area contributed by atoms with Crippen LogP contribution >= 0.6 is 45.8 Å². The lowest BCUT2D eigenvalue weighted by atomic mass is 9.95. The number of ether oxygens (including phenoxy) is 2. The number of benzene rings is 2. The van der Waals surface area contributed by atoms with Crippen molar-refractivity contribution in [3.63, 3.8) is 0 Å². The van der Waals surface area contributed by atoms with Crippen LogP contribution in [0.15, 0.2) is 36.1 Å². The fraction of sp³-hybridized carbons (Fsp3) is 0.250. The average molecular weight is 505 g/mol. The van der Waals surface area contributed by atoms with Crippen molar-refractivity contribution in [3.05, 3.63) is 60.8 Å². The van der Waals surface area contributed by atoms with Crippen LogP contribution in [0.5, 0.6) is 5.75 Å². The number of allylic oxidation sites excluding steroid dienone is 1. The number of halogens is 3. The van der Waals surface area contributed by atoms with E-state index in [0.717, 1.165) is 25.8 Å². The summed E-state index contributed by atoms with van der Waals surface area (Å²) >= 11 is 14.7. The lowest BCUT2D eigenvalue weighted by Gasteiger charge is -2.18. The molecule has 0 bridgehead atoms. The van der Waals surface area contributed by atoms with E-state index in [-0.39, 0.29) is 0 Å². The molecule has 0 radical (unpaired) electrons. The van der Waals surface area contributed by atoms with E-state index in [1.54, 1.807) is 19.9 Å². The Hall–Kier alpha value is -1.24. The first-order valence-corrected chi connectivity index (χ1v) is 9.85. The minimum absolute atomic E-state index is 0.312. The van der Waals surface area contributed by atoms with Gasteiger partial charge in [-0.25, -0.2) is 4.79 Å². The molecule has 0 aliphatic heterocycles. The van der Waals surface area contributed by atoms with E-state index in [9.17, 15) is 4.79 Å². The minimum Gasteiger partial charge on any atom is -0.463 e. The molecule has 2 aromatic carbocycles. The molecule has 0 saturated carbocycles. The molecule has 0 N–H and O–H groups in total. The van der Waals surface area contributed by atoms with Gasteiger partial charge in [0.2, 0.25) is 0 Å². The predicted molar refractivity (Wildman–Crippen MR) is 115 cm³/mol. The fourth-order valence-electron chi connectivity index (χ4n) is 2.68. The number of rotatable bonds is 5. The quantitative estimate of drug-likeness (QED) is 0.196. The highest BCUT2D eigenvalue weighted by atomic mass is 127. The Kier molecular flexibility index (Phi) is 7.38. The Morgan fingerprint density at radius 2 is 1.65 bits per heavy atom. The smallest absolute Gasteiger partial charge is 0.334 e. The summed E-state index contributed by atoms with van der Waals surface area (Å²) in [7, 11) is 0. The van der Waals surface area contributed by atoms with Crippen LogP contribution in [0.2, 0.25) is 10.0 Å². The van der Waals surface area contributed by atoms with E-state index >= 15 is 0 Å². The molecule has 0 aliphatic carbocycles. The van der Waals surface area contributed by atoms with Gasteiger partial charge < -0.3 is 9.47 Å². The highest BCUT2D eigenvalue weighted by Crippen LogP contribution is 2.41. The largest absolute Gasteiger partial charge is 0.463 e. The number of carbonyl (C=O) groups is 1. The van der Waals surface area contributed by atoms with Crippen LogP contribution in [0.4, 0.5) is 0 Å². The molecular formula is C20H19Cl2IO3. The van der Waals surface area contributed by atoms with Gasteiger partial charge in [-0.3, -0.25) is 0 Å². The van der Waals surface area contributed by atoms with Crippen LogP contribution in [0.1, 0.15) is 25.0 Å². The van der Waals surface area contributed by atoms with Crippen molar-refractivity contribution in [2.45, 2.75) is 27.7 Å². The third-order valence-corrected chi connectivity index (χ3v) is 4.93. The van der Waals surface area contributed by atoms with Crippen LogP contribution in [0, 0.1) is 17.4 Å². The Labute approximate surface area is 177 Å². The molecule has 0 amide bonds. The summed E-state index contributed by atoms with van der Waals surface area (Å²) in [5, 5.41) is 1.25. The third-order valence-electron chi connectivity index (χ3n) is 3.64. The van der Waals surface area contributed by atoms with Gasteiger partial charge in [-0.05, 0) is 79.6 Å². The summed E-state index contributed by atoms with van der Waals surface area (Å²) in [5.74, 6) is 0.562. The van der Waals surface area contributed by atoms with E-state index < -0.39 is 5.97 Å². The molecule has 6 heteroatoms. The van der Waals surface area contributed by atoms with Crippen molar-refractivity contribution >= 4 is 51.8 Å². The molecule has 2 rings (SSSR count). The first kappa shape index (κ1) is 21.1. The summed E-state index contributed by atoms with van der Waals surface area (Å²) in [6, 6.07) is 7.45. The maximum absolute atomic E-state index is 11.7. The van der Waals surface area contributed by atoms with Crippen molar-refractivity contribution in [3.8, 4) is 16.9 Å². The zero-order valence-electron chi connectivity index (χ0n) is 15.0. The summed E-state index contributed by atoms with van der Waals surface area (Å²) < 4.78 is 11.9. The molecule has 0 saturated heterocycles. The van der Waals surface area contributed by atoms with Gasteiger partial charge in [0.1, 0.15) is 11.5 Å². The molecule has 0 unspecified atom stereocenters. The first-order chi connectivity index (χ1) is 12.2. The summed E-state index contributed by atoms with van der Waals surface area (Å²) in [6.07, 6.45) is 1.32. The van der Waals surface area contributed by atoms with Gasteiger partial charge in [0.15, 0.2) is 0 Å². The lowest BCUT2D eigenvalue weighted by Crippen LogP contribution is -2.04. The molecule has 0 aromatic heterocycles. The minimum atomic E-state index is -0.442. The molecule has 0 fully saturated rings. The summed E-state index contributed by atoms with van der Waals surface area (Å²) in [4.78, 5) is 11.7. The standard InChI is InChI=1S/C20H19Cl2IO3/c1-5-25-18(24)8-13(4)26-17-10-15(22)7-12(3)20(17)19-11(2)6-14(21)9-16(19)23/h6-10H,5H2,1-4H3/b13-8-. The maximum atomic E-state index is 11.7. The fourth-order valence-corrected chi connectivity index (χ4v) is 4.44. The summed E-state index contributed by atoms with van der Waals surface area (Å²) in [5.41, 5.74) is 3.96. The molecule has 0 heterocycles. The zero-order chi connectivity index (χ0) is 19.4. The molecule has 138 valence electrons. The molecule has 26 heavy (non-hydrogen) atoms.